The molecule has 0 aliphatic heterocycles. The first-order chi connectivity index (χ1) is 6.19. The van der Waals surface area contributed by atoms with E-state index in [0.29, 0.717) is 5.56 Å². The van der Waals surface area contributed by atoms with E-state index in [4.69, 9.17) is 22.1 Å². The standard InChI is InChI=1S/C9H3ClN2O/c10-9(13)8-2-1-6(4-11)3-7(8)5-12/h1-3H. The maximum atomic E-state index is 10.8. The molecule has 0 aliphatic carbocycles. The molecule has 0 heterocycles. The summed E-state index contributed by atoms with van der Waals surface area (Å²) in [5.74, 6) is 0. The van der Waals surface area contributed by atoms with Crippen LogP contribution in [0.3, 0.4) is 0 Å². The molecule has 0 amide bonds. The predicted octanol–water partition coefficient (Wildman–Crippen LogP) is 1.81. The maximum absolute atomic E-state index is 10.8. The van der Waals surface area contributed by atoms with Crippen molar-refractivity contribution in [1.82, 2.24) is 0 Å². The zero-order chi connectivity index (χ0) is 9.84. The summed E-state index contributed by atoms with van der Waals surface area (Å²) < 4.78 is 0. The zero-order valence-corrected chi connectivity index (χ0v) is 7.17. The first-order valence-electron chi connectivity index (χ1n) is 3.33. The second kappa shape index (κ2) is 3.71. The molecule has 3 nitrogen and oxygen atoms in total. The second-order valence-electron chi connectivity index (χ2n) is 2.26. The Kier molecular flexibility index (Phi) is 2.64. The van der Waals surface area contributed by atoms with Crippen molar-refractivity contribution < 1.29 is 4.79 Å². The Morgan fingerprint density at radius 3 is 2.46 bits per heavy atom. The van der Waals surface area contributed by atoms with Crippen molar-refractivity contribution in [2.75, 3.05) is 0 Å². The summed E-state index contributed by atoms with van der Waals surface area (Å²) in [4.78, 5) is 10.8. The molecule has 0 aromatic heterocycles. The van der Waals surface area contributed by atoms with E-state index < -0.39 is 5.24 Å². The van der Waals surface area contributed by atoms with Gasteiger partial charge in [0.2, 0.25) is 0 Å². The highest BCUT2D eigenvalue weighted by Crippen LogP contribution is 2.12. The van der Waals surface area contributed by atoms with Gasteiger partial charge in [-0.2, -0.15) is 10.5 Å². The molecule has 1 aromatic carbocycles. The lowest BCUT2D eigenvalue weighted by Gasteiger charge is -1.96. The van der Waals surface area contributed by atoms with E-state index in [-0.39, 0.29) is 11.1 Å². The molecule has 1 aromatic rings. The molecule has 0 aliphatic rings. The van der Waals surface area contributed by atoms with E-state index in [9.17, 15) is 4.79 Å². The van der Waals surface area contributed by atoms with Crippen LogP contribution in [-0.2, 0) is 0 Å². The molecule has 0 fully saturated rings. The van der Waals surface area contributed by atoms with Crippen LogP contribution in [0, 0.1) is 22.7 Å². The molecule has 0 unspecified atom stereocenters. The fourth-order valence-electron chi connectivity index (χ4n) is 0.878. The molecule has 0 radical (unpaired) electrons. The molecule has 13 heavy (non-hydrogen) atoms. The highest BCUT2D eigenvalue weighted by Gasteiger charge is 2.08. The van der Waals surface area contributed by atoms with Crippen LogP contribution in [0.5, 0.6) is 0 Å². The molecule has 0 saturated heterocycles. The van der Waals surface area contributed by atoms with Crippen molar-refractivity contribution >= 4 is 16.8 Å². The number of benzene rings is 1. The largest absolute Gasteiger partial charge is 0.276 e. The van der Waals surface area contributed by atoms with Gasteiger partial charge in [0.25, 0.3) is 5.24 Å². The van der Waals surface area contributed by atoms with Crippen LogP contribution in [0.15, 0.2) is 18.2 Å². The Labute approximate surface area is 79.8 Å². The number of hydrogen-bond acceptors (Lipinski definition) is 3. The van der Waals surface area contributed by atoms with Gasteiger partial charge in [0, 0.05) is 0 Å². The lowest BCUT2D eigenvalue weighted by molar-refractivity contribution is 0.108. The van der Waals surface area contributed by atoms with Gasteiger partial charge in [0.1, 0.15) is 0 Å². The normalized spacial score (nSPS) is 8.54. The van der Waals surface area contributed by atoms with Crippen molar-refractivity contribution in [2.45, 2.75) is 0 Å². The van der Waals surface area contributed by atoms with Gasteiger partial charge >= 0.3 is 0 Å². The van der Waals surface area contributed by atoms with Gasteiger partial charge in [-0.1, -0.05) is 0 Å². The minimum Gasteiger partial charge on any atom is -0.276 e. The minimum atomic E-state index is -0.693. The van der Waals surface area contributed by atoms with Gasteiger partial charge in [-0.15, -0.1) is 0 Å². The van der Waals surface area contributed by atoms with Crippen LogP contribution in [0.2, 0.25) is 0 Å². The van der Waals surface area contributed by atoms with Crippen LogP contribution in [0.4, 0.5) is 0 Å². The monoisotopic (exact) mass is 190 g/mol. The maximum Gasteiger partial charge on any atom is 0.253 e. The topological polar surface area (TPSA) is 64.7 Å². The van der Waals surface area contributed by atoms with E-state index in [1.165, 1.54) is 18.2 Å². The summed E-state index contributed by atoms with van der Waals surface area (Å²) in [6.07, 6.45) is 0. The van der Waals surface area contributed by atoms with Crippen molar-refractivity contribution in [1.29, 1.82) is 10.5 Å². The van der Waals surface area contributed by atoms with Gasteiger partial charge < -0.3 is 0 Å². The third-order valence-corrected chi connectivity index (χ3v) is 1.68. The van der Waals surface area contributed by atoms with E-state index in [2.05, 4.69) is 0 Å². The summed E-state index contributed by atoms with van der Waals surface area (Å²) >= 11 is 5.21. The van der Waals surface area contributed by atoms with Crippen molar-refractivity contribution in [3.8, 4) is 12.1 Å². The number of nitrogens with zero attached hydrogens (tertiary/aromatic N) is 2. The Morgan fingerprint density at radius 2 is 2.00 bits per heavy atom. The summed E-state index contributed by atoms with van der Waals surface area (Å²) in [6.45, 7) is 0. The average Bonchev–Trinajstić information content (AvgIpc) is 2.16. The van der Waals surface area contributed by atoms with Gasteiger partial charge in [-0.05, 0) is 29.8 Å². The Bertz CT molecular complexity index is 440. The minimum absolute atomic E-state index is 0.124. The lowest BCUT2D eigenvalue weighted by atomic mass is 10.1. The quantitative estimate of drug-likeness (QED) is 0.635. The van der Waals surface area contributed by atoms with Crippen molar-refractivity contribution in [3.63, 3.8) is 0 Å². The molecule has 0 N–H and O–H groups in total. The Balaban J connectivity index is 3.36. The predicted molar refractivity (Wildman–Crippen MR) is 46.1 cm³/mol. The lowest BCUT2D eigenvalue weighted by Crippen LogP contribution is -1.94. The molecule has 62 valence electrons. The fourth-order valence-corrected chi connectivity index (χ4v) is 1.04. The van der Waals surface area contributed by atoms with Crippen LogP contribution in [-0.4, -0.2) is 5.24 Å². The Morgan fingerprint density at radius 1 is 1.31 bits per heavy atom. The number of hydrogen-bond donors (Lipinski definition) is 0. The highest BCUT2D eigenvalue weighted by molar-refractivity contribution is 6.68. The molecule has 4 heteroatoms. The molecular formula is C9H3ClN2O. The van der Waals surface area contributed by atoms with E-state index in [0.717, 1.165) is 0 Å². The summed E-state index contributed by atoms with van der Waals surface area (Å²) in [7, 11) is 0. The number of halogens is 1. The third-order valence-electron chi connectivity index (χ3n) is 1.48. The highest BCUT2D eigenvalue weighted by atomic mass is 35.5. The van der Waals surface area contributed by atoms with E-state index in [1.54, 1.807) is 6.07 Å². The SMILES string of the molecule is N#Cc1ccc(C(=O)Cl)c(C#N)c1. The van der Waals surface area contributed by atoms with Gasteiger partial charge in [0.15, 0.2) is 0 Å². The molecule has 0 saturated carbocycles. The van der Waals surface area contributed by atoms with Crippen LogP contribution in [0.1, 0.15) is 21.5 Å². The summed E-state index contributed by atoms with van der Waals surface area (Å²) in [5, 5.41) is 16.4. The van der Waals surface area contributed by atoms with Gasteiger partial charge in [0.05, 0.1) is 28.8 Å². The smallest absolute Gasteiger partial charge is 0.253 e. The molecule has 0 atom stereocenters. The first kappa shape index (κ1) is 9.25. The molecule has 1 rings (SSSR count). The third kappa shape index (κ3) is 1.84. The van der Waals surface area contributed by atoms with Gasteiger partial charge in [-0.3, -0.25) is 4.79 Å². The first-order valence-corrected chi connectivity index (χ1v) is 3.71. The van der Waals surface area contributed by atoms with Crippen molar-refractivity contribution in [3.05, 3.63) is 34.9 Å². The number of rotatable bonds is 1. The number of nitriles is 2. The van der Waals surface area contributed by atoms with Crippen LogP contribution in [0.25, 0.3) is 0 Å². The molecule has 0 spiro atoms. The average molecular weight is 191 g/mol. The van der Waals surface area contributed by atoms with E-state index >= 15 is 0 Å². The van der Waals surface area contributed by atoms with Gasteiger partial charge in [-0.25, -0.2) is 0 Å². The van der Waals surface area contributed by atoms with E-state index in [1.807, 2.05) is 6.07 Å². The number of carbonyl (C=O) groups is 1. The zero-order valence-electron chi connectivity index (χ0n) is 6.41. The molecule has 0 bridgehead atoms. The Hall–Kier alpha value is -1.84. The number of carbonyl (C=O) groups excluding carboxylic acids is 1. The summed E-state index contributed by atoms with van der Waals surface area (Å²) in [6, 6.07) is 7.79. The molecular weight excluding hydrogens is 188 g/mol. The van der Waals surface area contributed by atoms with Crippen LogP contribution >= 0.6 is 11.6 Å². The van der Waals surface area contributed by atoms with Crippen LogP contribution < -0.4 is 0 Å². The fraction of sp³-hybridized carbons (Fsp3) is 0. The summed E-state index contributed by atoms with van der Waals surface area (Å²) in [5.41, 5.74) is 0.584. The van der Waals surface area contributed by atoms with Crippen molar-refractivity contribution in [2.24, 2.45) is 0 Å². The second-order valence-corrected chi connectivity index (χ2v) is 2.60.